The zero-order valence-electron chi connectivity index (χ0n) is 17.8. The van der Waals surface area contributed by atoms with Gasteiger partial charge in [-0.1, -0.05) is 68.5 Å². The van der Waals surface area contributed by atoms with Crippen molar-refractivity contribution in [2.24, 2.45) is 0 Å². The predicted octanol–water partition coefficient (Wildman–Crippen LogP) is 4.15. The van der Waals surface area contributed by atoms with Crippen LogP contribution in [0.15, 0.2) is 72.0 Å². The van der Waals surface area contributed by atoms with Crippen LogP contribution in [-0.2, 0) is 9.59 Å². The molecule has 1 aliphatic rings. The molecule has 1 aliphatic heterocycles. The highest BCUT2D eigenvalue weighted by atomic mass is 19.1. The molecule has 31 heavy (non-hydrogen) atoms. The number of aliphatic hydroxyl groups excluding tert-OH is 1. The third-order valence-corrected chi connectivity index (χ3v) is 5.55. The fourth-order valence-corrected chi connectivity index (χ4v) is 3.77. The Labute approximate surface area is 182 Å². The number of aliphatic hydroxyl groups is 1. The molecule has 0 saturated heterocycles. The molecule has 0 saturated carbocycles. The highest BCUT2D eigenvalue weighted by Gasteiger charge is 2.43. The van der Waals surface area contributed by atoms with Crippen LogP contribution < -0.4 is 0 Å². The summed E-state index contributed by atoms with van der Waals surface area (Å²) >= 11 is 0. The maximum Gasteiger partial charge on any atom is 0.290 e. The van der Waals surface area contributed by atoms with Gasteiger partial charge in [0, 0.05) is 18.7 Å². The third-order valence-electron chi connectivity index (χ3n) is 5.55. The van der Waals surface area contributed by atoms with Gasteiger partial charge in [-0.3, -0.25) is 9.59 Å². The van der Waals surface area contributed by atoms with E-state index in [1.807, 2.05) is 44.2 Å². The molecule has 0 spiro atoms. The van der Waals surface area contributed by atoms with Crippen molar-refractivity contribution in [2.75, 3.05) is 26.2 Å². The lowest BCUT2D eigenvalue weighted by Gasteiger charge is -2.29. The van der Waals surface area contributed by atoms with Gasteiger partial charge in [0.2, 0.25) is 0 Å². The van der Waals surface area contributed by atoms with Crippen molar-refractivity contribution in [1.82, 2.24) is 9.80 Å². The summed E-state index contributed by atoms with van der Waals surface area (Å²) in [5.41, 5.74) is 0.902. The second kappa shape index (κ2) is 10.2. The van der Waals surface area contributed by atoms with Crippen LogP contribution in [0.1, 0.15) is 31.0 Å². The number of allylic oxidation sites excluding steroid dienone is 1. The Bertz CT molecular complexity index is 997. The number of nitrogens with zero attached hydrogens (tertiary/aromatic N) is 2. The average Bonchev–Trinajstić information content (AvgIpc) is 3.04. The van der Waals surface area contributed by atoms with Crippen molar-refractivity contribution in [1.29, 1.82) is 0 Å². The molecule has 3 rings (SSSR count). The van der Waals surface area contributed by atoms with Gasteiger partial charge in [-0.25, -0.2) is 4.39 Å². The van der Waals surface area contributed by atoms with Gasteiger partial charge in [0.15, 0.2) is 11.5 Å². The molecule has 0 unspecified atom stereocenters. The summed E-state index contributed by atoms with van der Waals surface area (Å²) in [5.74, 6) is -2.32. The van der Waals surface area contributed by atoms with Gasteiger partial charge in [-0.05, 0) is 30.8 Å². The molecule has 162 valence electrons. The molecule has 0 bridgehead atoms. The van der Waals surface area contributed by atoms with Crippen molar-refractivity contribution < 1.29 is 19.1 Å². The van der Waals surface area contributed by atoms with Gasteiger partial charge in [0.05, 0.1) is 11.6 Å². The van der Waals surface area contributed by atoms with Crippen molar-refractivity contribution in [3.63, 3.8) is 0 Å². The molecule has 6 heteroatoms. The van der Waals surface area contributed by atoms with E-state index in [9.17, 15) is 19.1 Å². The largest absolute Gasteiger partial charge is 0.503 e. The Morgan fingerprint density at radius 2 is 1.74 bits per heavy atom. The van der Waals surface area contributed by atoms with Crippen LogP contribution in [0.3, 0.4) is 0 Å². The second-order valence-corrected chi connectivity index (χ2v) is 7.32. The predicted molar refractivity (Wildman–Crippen MR) is 119 cm³/mol. The third kappa shape index (κ3) is 4.91. The van der Waals surface area contributed by atoms with Crippen molar-refractivity contribution in [3.05, 3.63) is 88.9 Å². The first kappa shape index (κ1) is 22.4. The van der Waals surface area contributed by atoms with Gasteiger partial charge in [-0.2, -0.15) is 0 Å². The average molecular weight is 423 g/mol. The lowest BCUT2D eigenvalue weighted by atomic mass is 9.95. The standard InChI is InChI=1S/C25H27FN2O3/c1-3-27(4-2)16-17-28-23(19-12-8-9-13-20(19)26)22(24(30)25(28)31)21(29)15-14-18-10-6-5-7-11-18/h5-15,23,30H,3-4,16-17H2,1-2H3/b15-14+/t23-/m0/s1. The zero-order chi connectivity index (χ0) is 22.4. The number of hydrogen-bond acceptors (Lipinski definition) is 4. The molecule has 0 aromatic heterocycles. The quantitative estimate of drug-likeness (QED) is 0.617. The monoisotopic (exact) mass is 422 g/mol. The van der Waals surface area contributed by atoms with Gasteiger partial charge < -0.3 is 14.9 Å². The molecule has 1 atom stereocenters. The van der Waals surface area contributed by atoms with Crippen LogP contribution >= 0.6 is 0 Å². The number of likely N-dealkylation sites (N-methyl/N-ethyl adjacent to an activating group) is 1. The number of halogens is 1. The van der Waals surface area contributed by atoms with Gasteiger partial charge in [0.1, 0.15) is 5.82 Å². The molecule has 5 nitrogen and oxygen atoms in total. The minimum atomic E-state index is -0.975. The zero-order valence-corrected chi connectivity index (χ0v) is 17.8. The van der Waals surface area contributed by atoms with Crippen LogP contribution in [0.5, 0.6) is 0 Å². The first-order valence-electron chi connectivity index (χ1n) is 10.5. The van der Waals surface area contributed by atoms with E-state index in [-0.39, 0.29) is 17.7 Å². The molecule has 2 aromatic carbocycles. The van der Waals surface area contributed by atoms with Gasteiger partial charge in [0.25, 0.3) is 5.91 Å². The Kier molecular flexibility index (Phi) is 7.36. The van der Waals surface area contributed by atoms with Crippen LogP contribution in [0, 0.1) is 5.82 Å². The van der Waals surface area contributed by atoms with Crippen LogP contribution in [0.25, 0.3) is 6.08 Å². The Morgan fingerprint density at radius 3 is 2.39 bits per heavy atom. The molecule has 0 aliphatic carbocycles. The number of hydrogen-bond donors (Lipinski definition) is 1. The molecule has 2 aromatic rings. The van der Waals surface area contributed by atoms with Gasteiger partial charge in [-0.15, -0.1) is 0 Å². The summed E-state index contributed by atoms with van der Waals surface area (Å²) in [6.45, 7) is 6.45. The maximum atomic E-state index is 14.7. The van der Waals surface area contributed by atoms with E-state index < -0.39 is 29.3 Å². The fourth-order valence-electron chi connectivity index (χ4n) is 3.77. The molecule has 1 N–H and O–H groups in total. The Balaban J connectivity index is 1.97. The molecule has 1 heterocycles. The number of carbonyl (C=O) groups is 2. The highest BCUT2D eigenvalue weighted by Crippen LogP contribution is 2.38. The minimum Gasteiger partial charge on any atom is -0.503 e. The summed E-state index contributed by atoms with van der Waals surface area (Å²) < 4.78 is 14.7. The Morgan fingerprint density at radius 1 is 1.10 bits per heavy atom. The van der Waals surface area contributed by atoms with Crippen molar-refractivity contribution in [2.45, 2.75) is 19.9 Å². The smallest absolute Gasteiger partial charge is 0.290 e. The molecule has 0 radical (unpaired) electrons. The minimum absolute atomic E-state index is 0.0955. The summed E-state index contributed by atoms with van der Waals surface area (Å²) in [4.78, 5) is 29.4. The van der Waals surface area contributed by atoms with E-state index in [4.69, 9.17) is 0 Å². The summed E-state index contributed by atoms with van der Waals surface area (Å²) in [7, 11) is 0. The first-order valence-corrected chi connectivity index (χ1v) is 10.5. The number of benzene rings is 2. The topological polar surface area (TPSA) is 60.9 Å². The SMILES string of the molecule is CCN(CC)CCN1C(=O)C(O)=C(C(=O)/C=C/c2ccccc2)[C@@H]1c1ccccc1F. The van der Waals surface area contributed by atoms with E-state index in [1.165, 1.54) is 17.0 Å². The van der Waals surface area contributed by atoms with E-state index in [2.05, 4.69) is 4.90 Å². The van der Waals surface area contributed by atoms with E-state index in [1.54, 1.807) is 24.3 Å². The van der Waals surface area contributed by atoms with E-state index >= 15 is 0 Å². The van der Waals surface area contributed by atoms with Crippen LogP contribution in [0.2, 0.25) is 0 Å². The number of amides is 1. The second-order valence-electron chi connectivity index (χ2n) is 7.32. The van der Waals surface area contributed by atoms with Crippen LogP contribution in [-0.4, -0.2) is 52.8 Å². The maximum absolute atomic E-state index is 14.7. The van der Waals surface area contributed by atoms with Crippen molar-refractivity contribution >= 4 is 17.8 Å². The number of ketones is 1. The summed E-state index contributed by atoms with van der Waals surface area (Å²) in [5, 5.41) is 10.6. The van der Waals surface area contributed by atoms with E-state index in [0.717, 1.165) is 18.7 Å². The summed E-state index contributed by atoms with van der Waals surface area (Å²) in [6.07, 6.45) is 2.93. The molecular formula is C25H27FN2O3. The normalized spacial score (nSPS) is 16.7. The summed E-state index contributed by atoms with van der Waals surface area (Å²) in [6, 6.07) is 14.3. The van der Waals surface area contributed by atoms with Crippen LogP contribution in [0.4, 0.5) is 4.39 Å². The lowest BCUT2D eigenvalue weighted by Crippen LogP contribution is -2.38. The molecule has 1 amide bonds. The highest BCUT2D eigenvalue weighted by molar-refractivity contribution is 6.14. The lowest BCUT2D eigenvalue weighted by molar-refractivity contribution is -0.129. The number of rotatable bonds is 9. The fraction of sp³-hybridized carbons (Fsp3) is 0.280. The molecular weight excluding hydrogens is 395 g/mol. The van der Waals surface area contributed by atoms with E-state index in [0.29, 0.717) is 6.54 Å². The molecule has 0 fully saturated rings. The Hall–Kier alpha value is -3.25. The first-order chi connectivity index (χ1) is 15.0. The van der Waals surface area contributed by atoms with Gasteiger partial charge >= 0.3 is 0 Å². The number of carbonyl (C=O) groups excluding carboxylic acids is 2. The van der Waals surface area contributed by atoms with Crippen molar-refractivity contribution in [3.8, 4) is 0 Å².